The maximum atomic E-state index is 13.7. The van der Waals surface area contributed by atoms with Crippen molar-refractivity contribution in [2.45, 2.75) is 39.3 Å². The number of aromatic nitrogens is 2. The van der Waals surface area contributed by atoms with E-state index >= 15 is 0 Å². The van der Waals surface area contributed by atoms with Gasteiger partial charge in [0.25, 0.3) is 0 Å². The zero-order valence-corrected chi connectivity index (χ0v) is 23.5. The van der Waals surface area contributed by atoms with Gasteiger partial charge >= 0.3 is 6.03 Å². The van der Waals surface area contributed by atoms with Gasteiger partial charge in [0.2, 0.25) is 5.91 Å². The van der Waals surface area contributed by atoms with Gasteiger partial charge in [0, 0.05) is 44.5 Å². The Kier molecular flexibility index (Phi) is 9.18. The van der Waals surface area contributed by atoms with Crippen LogP contribution in [0.1, 0.15) is 37.1 Å². The monoisotopic (exact) mass is 536 g/mol. The average molecular weight is 537 g/mol. The first-order valence-electron chi connectivity index (χ1n) is 13.6. The molecule has 1 heterocycles. The first-order valence-corrected chi connectivity index (χ1v) is 13.6. The summed E-state index contributed by atoms with van der Waals surface area (Å²) < 4.78 is 1.96. The number of anilines is 1. The Morgan fingerprint density at radius 1 is 1.07 bits per heavy atom. The number of carbonyl (C=O) groups is 2. The molecule has 8 nitrogen and oxygen atoms in total. The molecule has 206 valence electrons. The molecule has 2 atom stereocenters. The van der Waals surface area contributed by atoms with E-state index in [1.54, 1.807) is 41.5 Å². The van der Waals surface area contributed by atoms with Crippen molar-refractivity contribution < 1.29 is 9.59 Å². The number of rotatable bonds is 10. The number of hydrogen-bond donors (Lipinski definition) is 1. The quantitative estimate of drug-likeness (QED) is 0.301. The topological polar surface area (TPSA) is 94.3 Å². The van der Waals surface area contributed by atoms with E-state index < -0.39 is 0 Å². The van der Waals surface area contributed by atoms with Gasteiger partial charge in [-0.1, -0.05) is 68.8 Å². The van der Waals surface area contributed by atoms with Crippen LogP contribution >= 0.6 is 0 Å². The number of carbonyl (C=O) groups excluding carboxylic acids is 2. The highest BCUT2D eigenvalue weighted by molar-refractivity contribution is 6.03. The molecule has 3 aromatic carbocycles. The molecule has 0 unspecified atom stereocenters. The maximum absolute atomic E-state index is 13.7. The van der Waals surface area contributed by atoms with Gasteiger partial charge in [-0.3, -0.25) is 9.69 Å². The zero-order chi connectivity index (χ0) is 28.6. The van der Waals surface area contributed by atoms with Crippen molar-refractivity contribution >= 4 is 28.4 Å². The molecule has 8 heteroatoms. The molecule has 0 radical (unpaired) electrons. The third kappa shape index (κ3) is 6.32. The summed E-state index contributed by atoms with van der Waals surface area (Å²) in [5.41, 5.74) is 3.25. The molecule has 1 aromatic heterocycles. The van der Waals surface area contributed by atoms with Gasteiger partial charge < -0.3 is 14.8 Å². The number of nitrogens with one attached hydrogen (secondary N) is 1. The molecule has 4 rings (SSSR count). The summed E-state index contributed by atoms with van der Waals surface area (Å²) in [5, 5.41) is 13.9. The van der Waals surface area contributed by atoms with E-state index in [1.807, 2.05) is 66.2 Å². The molecule has 0 aliphatic rings. The zero-order valence-electron chi connectivity index (χ0n) is 23.5. The Hall–Kier alpha value is -4.64. The molecule has 3 amide bonds. The molecule has 0 aliphatic heterocycles. The predicted molar refractivity (Wildman–Crippen MR) is 158 cm³/mol. The smallest absolute Gasteiger partial charge is 0.321 e. The average Bonchev–Trinajstić information content (AvgIpc) is 3.42. The highest BCUT2D eigenvalue weighted by Crippen LogP contribution is 2.29. The van der Waals surface area contributed by atoms with Crippen molar-refractivity contribution in [3.8, 4) is 6.07 Å². The van der Waals surface area contributed by atoms with Crippen LogP contribution in [0.25, 0.3) is 10.8 Å². The number of benzene rings is 3. The molecular weight excluding hydrogens is 500 g/mol. The maximum Gasteiger partial charge on any atom is 0.321 e. The van der Waals surface area contributed by atoms with Crippen LogP contribution in [-0.4, -0.2) is 53.1 Å². The molecular formula is C32H36N6O2. The minimum absolute atomic E-state index is 0.0401. The van der Waals surface area contributed by atoms with E-state index in [4.69, 9.17) is 5.26 Å². The van der Waals surface area contributed by atoms with Gasteiger partial charge in [-0.05, 0) is 35.1 Å². The lowest BCUT2D eigenvalue weighted by Gasteiger charge is -2.37. The second-order valence-electron chi connectivity index (χ2n) is 10.1. The number of hydrogen-bond acceptors (Lipinski definition) is 4. The number of nitrogens with zero attached hydrogens (tertiary/aromatic N) is 5. The SMILES string of the molecule is CC[C@H](C)[C@@H](CN(C(=O)NC)c1cccc2ccccc12)N(C)C(=O)Cc1cncn1Cc1ccc(C#N)cc1. The Morgan fingerprint density at radius 3 is 2.50 bits per heavy atom. The molecule has 1 N–H and O–H groups in total. The van der Waals surface area contributed by atoms with Crippen LogP contribution in [0.5, 0.6) is 0 Å². The molecule has 0 fully saturated rings. The summed E-state index contributed by atoms with van der Waals surface area (Å²) >= 11 is 0. The third-order valence-electron chi connectivity index (χ3n) is 7.64. The normalized spacial score (nSPS) is 12.4. The van der Waals surface area contributed by atoms with E-state index in [0.29, 0.717) is 18.7 Å². The summed E-state index contributed by atoms with van der Waals surface area (Å²) in [6.07, 6.45) is 4.49. The molecule has 0 saturated heterocycles. The fourth-order valence-electron chi connectivity index (χ4n) is 5.00. The van der Waals surface area contributed by atoms with Gasteiger partial charge in [0.15, 0.2) is 0 Å². The van der Waals surface area contributed by atoms with Crippen molar-refractivity contribution in [1.82, 2.24) is 19.8 Å². The number of urea groups is 1. The van der Waals surface area contributed by atoms with Crippen LogP contribution in [0, 0.1) is 17.2 Å². The lowest BCUT2D eigenvalue weighted by molar-refractivity contribution is -0.132. The van der Waals surface area contributed by atoms with Gasteiger partial charge in [-0.25, -0.2) is 9.78 Å². The first kappa shape index (κ1) is 28.4. The minimum atomic E-state index is -0.217. The molecule has 0 saturated carbocycles. The number of nitriles is 1. The van der Waals surface area contributed by atoms with Gasteiger partial charge in [0.05, 0.1) is 36.1 Å². The number of fused-ring (bicyclic) bond motifs is 1. The van der Waals surface area contributed by atoms with Crippen LogP contribution in [0.4, 0.5) is 10.5 Å². The Morgan fingerprint density at radius 2 is 1.80 bits per heavy atom. The second-order valence-corrected chi connectivity index (χ2v) is 10.1. The van der Waals surface area contributed by atoms with E-state index in [0.717, 1.165) is 34.1 Å². The molecule has 0 spiro atoms. The lowest BCUT2D eigenvalue weighted by Crippen LogP contribution is -2.52. The number of amides is 3. The van der Waals surface area contributed by atoms with Crippen LogP contribution in [0.2, 0.25) is 0 Å². The van der Waals surface area contributed by atoms with Gasteiger partial charge in [-0.15, -0.1) is 0 Å². The van der Waals surface area contributed by atoms with Crippen molar-refractivity contribution in [2.24, 2.45) is 5.92 Å². The van der Waals surface area contributed by atoms with Crippen LogP contribution in [-0.2, 0) is 17.8 Å². The van der Waals surface area contributed by atoms with E-state index in [2.05, 4.69) is 30.2 Å². The van der Waals surface area contributed by atoms with Crippen LogP contribution in [0.3, 0.4) is 0 Å². The Bertz CT molecular complexity index is 1500. The second kappa shape index (κ2) is 12.9. The van der Waals surface area contributed by atoms with Crippen LogP contribution < -0.4 is 10.2 Å². The van der Waals surface area contributed by atoms with Crippen molar-refractivity contribution in [2.75, 3.05) is 25.5 Å². The standard InChI is InChI=1S/C32H36N6O2/c1-5-23(2)30(21-38(32(40)34-3)29-12-8-10-26-9-6-7-11-28(26)29)36(4)31(39)17-27-19-35-22-37(27)20-25-15-13-24(18-33)14-16-25/h6-16,19,22-23,30H,5,17,20-21H2,1-4H3,(H,34,40)/t23-,30+/m0/s1. The van der Waals surface area contributed by atoms with E-state index in [9.17, 15) is 9.59 Å². The van der Waals surface area contributed by atoms with Crippen molar-refractivity contribution in [3.63, 3.8) is 0 Å². The Balaban J connectivity index is 1.56. The predicted octanol–water partition coefficient (Wildman–Crippen LogP) is 5.22. The van der Waals surface area contributed by atoms with Crippen LogP contribution in [0.15, 0.2) is 79.3 Å². The summed E-state index contributed by atoms with van der Waals surface area (Å²) in [5.74, 6) is 0.112. The number of imidazole rings is 1. The minimum Gasteiger partial charge on any atom is -0.341 e. The summed E-state index contributed by atoms with van der Waals surface area (Å²) in [4.78, 5) is 34.7. The summed E-state index contributed by atoms with van der Waals surface area (Å²) in [7, 11) is 3.45. The highest BCUT2D eigenvalue weighted by atomic mass is 16.2. The van der Waals surface area contributed by atoms with E-state index in [-0.39, 0.29) is 30.3 Å². The Labute approximate surface area is 235 Å². The highest BCUT2D eigenvalue weighted by Gasteiger charge is 2.30. The van der Waals surface area contributed by atoms with Gasteiger partial charge in [0.1, 0.15) is 0 Å². The fourth-order valence-corrected chi connectivity index (χ4v) is 5.00. The first-order chi connectivity index (χ1) is 19.4. The fraction of sp³-hybridized carbons (Fsp3) is 0.312. The lowest BCUT2D eigenvalue weighted by atomic mass is 9.96. The largest absolute Gasteiger partial charge is 0.341 e. The van der Waals surface area contributed by atoms with Gasteiger partial charge in [-0.2, -0.15) is 5.26 Å². The van der Waals surface area contributed by atoms with Crippen molar-refractivity contribution in [1.29, 1.82) is 5.26 Å². The third-order valence-corrected chi connectivity index (χ3v) is 7.64. The van der Waals surface area contributed by atoms with Crippen molar-refractivity contribution in [3.05, 3.63) is 96.1 Å². The number of likely N-dealkylation sites (N-methyl/N-ethyl adjacent to an activating group) is 1. The molecule has 4 aromatic rings. The summed E-state index contributed by atoms with van der Waals surface area (Å²) in [6, 6.07) is 23.0. The molecule has 0 aliphatic carbocycles. The molecule has 40 heavy (non-hydrogen) atoms. The van der Waals surface area contributed by atoms with E-state index in [1.165, 1.54) is 0 Å². The molecule has 0 bridgehead atoms. The summed E-state index contributed by atoms with van der Waals surface area (Å²) in [6.45, 7) is 5.13.